The maximum absolute atomic E-state index is 6.11. The molecule has 132 valence electrons. The molecule has 1 atom stereocenters. The molecule has 5 heteroatoms. The van der Waals surface area contributed by atoms with E-state index in [2.05, 4.69) is 64.3 Å². The molecular formula is C21H20ClN3S. The summed E-state index contributed by atoms with van der Waals surface area (Å²) in [5.41, 5.74) is 4.66. The van der Waals surface area contributed by atoms with Crippen LogP contribution in [0.4, 0.5) is 5.69 Å². The van der Waals surface area contributed by atoms with Crippen molar-refractivity contribution in [2.45, 2.75) is 19.5 Å². The Bertz CT molecular complexity index is 932. The van der Waals surface area contributed by atoms with Crippen molar-refractivity contribution in [1.29, 1.82) is 0 Å². The van der Waals surface area contributed by atoms with E-state index in [1.807, 2.05) is 24.3 Å². The molecule has 0 spiro atoms. The summed E-state index contributed by atoms with van der Waals surface area (Å²) in [5.74, 6) is 0. The Morgan fingerprint density at radius 3 is 2.65 bits per heavy atom. The molecule has 0 fully saturated rings. The first-order chi connectivity index (χ1) is 12.6. The third-order valence-corrected chi connectivity index (χ3v) is 5.34. The number of halogens is 1. The Morgan fingerprint density at radius 1 is 1.08 bits per heavy atom. The highest BCUT2D eigenvalue weighted by Crippen LogP contribution is 2.33. The first-order valence-electron chi connectivity index (χ1n) is 8.66. The SMILES string of the molecule is Cc1ccc([C@H]2c3cccn3CCN2C(=S)Nc2cccc(Cl)c2)cc1. The number of fused-ring (bicyclic) bond motifs is 1. The molecular weight excluding hydrogens is 362 g/mol. The van der Waals surface area contributed by atoms with Crippen LogP contribution >= 0.6 is 23.8 Å². The van der Waals surface area contributed by atoms with Gasteiger partial charge in [0.2, 0.25) is 0 Å². The van der Waals surface area contributed by atoms with Crippen LogP contribution in [0.5, 0.6) is 0 Å². The van der Waals surface area contributed by atoms with E-state index in [0.717, 1.165) is 18.8 Å². The predicted molar refractivity (Wildman–Crippen MR) is 112 cm³/mol. The lowest BCUT2D eigenvalue weighted by Gasteiger charge is -2.39. The van der Waals surface area contributed by atoms with Gasteiger partial charge in [0.15, 0.2) is 5.11 Å². The average molecular weight is 382 g/mol. The van der Waals surface area contributed by atoms with Crippen LogP contribution in [0.15, 0.2) is 66.9 Å². The maximum atomic E-state index is 6.11. The molecule has 26 heavy (non-hydrogen) atoms. The highest BCUT2D eigenvalue weighted by Gasteiger charge is 2.30. The Labute approximate surface area is 164 Å². The van der Waals surface area contributed by atoms with Crippen LogP contribution in [0.1, 0.15) is 22.9 Å². The van der Waals surface area contributed by atoms with Gasteiger partial charge < -0.3 is 14.8 Å². The summed E-state index contributed by atoms with van der Waals surface area (Å²) in [6.45, 7) is 3.88. The zero-order valence-electron chi connectivity index (χ0n) is 14.5. The second kappa shape index (κ2) is 7.14. The highest BCUT2D eigenvalue weighted by atomic mass is 35.5. The Morgan fingerprint density at radius 2 is 1.88 bits per heavy atom. The zero-order chi connectivity index (χ0) is 18.1. The van der Waals surface area contributed by atoms with Gasteiger partial charge in [-0.3, -0.25) is 0 Å². The lowest BCUT2D eigenvalue weighted by Crippen LogP contribution is -2.44. The largest absolute Gasteiger partial charge is 0.348 e. The van der Waals surface area contributed by atoms with Crippen LogP contribution in [0.3, 0.4) is 0 Å². The van der Waals surface area contributed by atoms with Gasteiger partial charge in [0.05, 0.1) is 6.04 Å². The number of rotatable bonds is 2. The van der Waals surface area contributed by atoms with E-state index >= 15 is 0 Å². The van der Waals surface area contributed by atoms with Gasteiger partial charge in [0.25, 0.3) is 0 Å². The zero-order valence-corrected chi connectivity index (χ0v) is 16.1. The minimum absolute atomic E-state index is 0.0959. The van der Waals surface area contributed by atoms with Crippen LogP contribution in [-0.4, -0.2) is 21.1 Å². The summed E-state index contributed by atoms with van der Waals surface area (Å²) in [6, 6.07) is 20.7. The molecule has 0 radical (unpaired) electrons. The minimum Gasteiger partial charge on any atom is -0.348 e. The highest BCUT2D eigenvalue weighted by molar-refractivity contribution is 7.80. The van der Waals surface area contributed by atoms with E-state index in [-0.39, 0.29) is 6.04 Å². The summed E-state index contributed by atoms with van der Waals surface area (Å²) in [7, 11) is 0. The molecule has 3 nitrogen and oxygen atoms in total. The summed E-state index contributed by atoms with van der Waals surface area (Å²) in [5, 5.41) is 4.76. The van der Waals surface area contributed by atoms with E-state index in [1.54, 1.807) is 0 Å². The molecule has 2 heterocycles. The summed E-state index contributed by atoms with van der Waals surface area (Å²) in [4.78, 5) is 2.26. The van der Waals surface area contributed by atoms with E-state index in [4.69, 9.17) is 23.8 Å². The molecule has 2 aromatic carbocycles. The Hall–Kier alpha value is -2.30. The quantitative estimate of drug-likeness (QED) is 0.612. The first kappa shape index (κ1) is 17.1. The van der Waals surface area contributed by atoms with Crippen molar-refractivity contribution in [2.75, 3.05) is 11.9 Å². The van der Waals surface area contributed by atoms with Crippen molar-refractivity contribution in [1.82, 2.24) is 9.47 Å². The standard InChI is InChI=1S/C21H20ClN3S/c1-15-7-9-16(10-8-15)20-19-6-3-11-24(19)12-13-25(20)21(26)23-18-5-2-4-17(22)14-18/h2-11,14,20H,12-13H2,1H3,(H,23,26)/t20-/m0/s1. The van der Waals surface area contributed by atoms with Gasteiger partial charge in [-0.15, -0.1) is 0 Å². The Balaban J connectivity index is 1.67. The van der Waals surface area contributed by atoms with E-state index in [1.165, 1.54) is 16.8 Å². The van der Waals surface area contributed by atoms with Gasteiger partial charge in [-0.2, -0.15) is 0 Å². The number of anilines is 1. The normalized spacial score (nSPS) is 16.2. The lowest BCUT2D eigenvalue weighted by molar-refractivity contribution is 0.293. The van der Waals surface area contributed by atoms with Gasteiger partial charge in [0.1, 0.15) is 0 Å². The van der Waals surface area contributed by atoms with Crippen molar-refractivity contribution in [3.63, 3.8) is 0 Å². The number of aryl methyl sites for hydroxylation is 1. The molecule has 4 rings (SSSR count). The van der Waals surface area contributed by atoms with Crippen LogP contribution in [0.25, 0.3) is 0 Å². The van der Waals surface area contributed by atoms with E-state index < -0.39 is 0 Å². The summed E-state index contributed by atoms with van der Waals surface area (Å²) >= 11 is 11.9. The molecule has 0 aliphatic carbocycles. The van der Waals surface area contributed by atoms with Crippen molar-refractivity contribution in [3.05, 3.63) is 88.7 Å². The van der Waals surface area contributed by atoms with Gasteiger partial charge in [0, 0.05) is 35.7 Å². The van der Waals surface area contributed by atoms with Crippen molar-refractivity contribution in [3.8, 4) is 0 Å². The Kier molecular flexibility index (Phi) is 4.70. The third-order valence-electron chi connectivity index (χ3n) is 4.77. The number of thiocarbonyl (C=S) groups is 1. The molecule has 1 N–H and O–H groups in total. The molecule has 0 amide bonds. The fraction of sp³-hybridized carbons (Fsp3) is 0.190. The van der Waals surface area contributed by atoms with Gasteiger partial charge in [-0.05, 0) is 55.0 Å². The first-order valence-corrected chi connectivity index (χ1v) is 9.45. The van der Waals surface area contributed by atoms with E-state index in [9.17, 15) is 0 Å². The van der Waals surface area contributed by atoms with Crippen LogP contribution in [0.2, 0.25) is 5.02 Å². The lowest BCUT2D eigenvalue weighted by atomic mass is 9.99. The monoisotopic (exact) mass is 381 g/mol. The molecule has 0 bridgehead atoms. The van der Waals surface area contributed by atoms with Gasteiger partial charge in [-0.25, -0.2) is 0 Å². The average Bonchev–Trinajstić information content (AvgIpc) is 3.10. The smallest absolute Gasteiger partial charge is 0.174 e. The molecule has 3 aromatic rings. The van der Waals surface area contributed by atoms with Crippen LogP contribution in [0, 0.1) is 6.92 Å². The maximum Gasteiger partial charge on any atom is 0.174 e. The molecule has 1 aliphatic heterocycles. The van der Waals surface area contributed by atoms with E-state index in [0.29, 0.717) is 10.1 Å². The number of aromatic nitrogens is 1. The van der Waals surface area contributed by atoms with Gasteiger partial charge in [-0.1, -0.05) is 47.5 Å². The second-order valence-corrected chi connectivity index (χ2v) is 7.40. The molecule has 0 saturated carbocycles. The topological polar surface area (TPSA) is 20.2 Å². The molecule has 1 aliphatic rings. The second-order valence-electron chi connectivity index (χ2n) is 6.57. The molecule has 1 aromatic heterocycles. The van der Waals surface area contributed by atoms with Crippen molar-refractivity contribution in [2.24, 2.45) is 0 Å². The van der Waals surface area contributed by atoms with Crippen LogP contribution < -0.4 is 5.32 Å². The fourth-order valence-electron chi connectivity index (χ4n) is 3.46. The minimum atomic E-state index is 0.0959. The fourth-order valence-corrected chi connectivity index (χ4v) is 3.97. The number of hydrogen-bond donors (Lipinski definition) is 1. The number of benzene rings is 2. The van der Waals surface area contributed by atoms with Crippen LogP contribution in [-0.2, 0) is 6.54 Å². The summed E-state index contributed by atoms with van der Waals surface area (Å²) in [6.07, 6.45) is 2.14. The third kappa shape index (κ3) is 3.35. The summed E-state index contributed by atoms with van der Waals surface area (Å²) < 4.78 is 2.31. The van der Waals surface area contributed by atoms with Crippen molar-refractivity contribution >= 4 is 34.6 Å². The van der Waals surface area contributed by atoms with Crippen molar-refractivity contribution < 1.29 is 0 Å². The molecule has 0 saturated heterocycles. The van der Waals surface area contributed by atoms with Gasteiger partial charge >= 0.3 is 0 Å². The number of nitrogens with one attached hydrogen (secondary N) is 1. The molecule has 0 unspecified atom stereocenters. The number of nitrogens with zero attached hydrogens (tertiary/aromatic N) is 2. The predicted octanol–water partition coefficient (Wildman–Crippen LogP) is 5.25. The number of hydrogen-bond acceptors (Lipinski definition) is 1.